The molecular formula is C13H14O. The van der Waals surface area contributed by atoms with E-state index in [2.05, 4.69) is 17.9 Å². The van der Waals surface area contributed by atoms with Crippen LogP contribution in [0.2, 0.25) is 0 Å². The fraction of sp³-hybridized carbons (Fsp3) is 0.308. The van der Waals surface area contributed by atoms with Gasteiger partial charge < -0.3 is 0 Å². The lowest BCUT2D eigenvalue weighted by atomic mass is 10.0. The fourth-order valence-corrected chi connectivity index (χ4v) is 1.41. The van der Waals surface area contributed by atoms with E-state index in [1.807, 2.05) is 26.0 Å². The summed E-state index contributed by atoms with van der Waals surface area (Å²) >= 11 is 0. The molecule has 0 fully saturated rings. The maximum absolute atomic E-state index is 11.6. The zero-order valence-electron chi connectivity index (χ0n) is 8.85. The standard InChI is InChI=1S/C13H14O/c1-4-5-6-13(14)12-8-10(2)7-11(3)9-12/h7-9H,6H2,1-3H3. The Kier molecular flexibility index (Phi) is 3.48. The van der Waals surface area contributed by atoms with Crippen LogP contribution in [0.15, 0.2) is 18.2 Å². The summed E-state index contributed by atoms with van der Waals surface area (Å²) in [6.07, 6.45) is 0.319. The highest BCUT2D eigenvalue weighted by Gasteiger charge is 2.04. The Morgan fingerprint density at radius 2 is 1.79 bits per heavy atom. The Morgan fingerprint density at radius 1 is 1.21 bits per heavy atom. The topological polar surface area (TPSA) is 17.1 Å². The average molecular weight is 186 g/mol. The molecular weight excluding hydrogens is 172 g/mol. The first kappa shape index (κ1) is 10.5. The summed E-state index contributed by atoms with van der Waals surface area (Å²) in [5, 5.41) is 0. The molecule has 0 aliphatic heterocycles. The second-order valence-electron chi connectivity index (χ2n) is 3.40. The lowest BCUT2D eigenvalue weighted by Gasteiger charge is -2.01. The Hall–Kier alpha value is -1.55. The van der Waals surface area contributed by atoms with Crippen LogP contribution < -0.4 is 0 Å². The summed E-state index contributed by atoms with van der Waals surface area (Å²) in [4.78, 5) is 11.6. The number of carbonyl (C=O) groups is 1. The fourth-order valence-electron chi connectivity index (χ4n) is 1.41. The third-order valence-corrected chi connectivity index (χ3v) is 1.97. The van der Waals surface area contributed by atoms with Crippen molar-refractivity contribution in [2.24, 2.45) is 0 Å². The van der Waals surface area contributed by atoms with E-state index in [0.717, 1.165) is 16.7 Å². The smallest absolute Gasteiger partial charge is 0.174 e. The molecule has 0 aliphatic carbocycles. The molecule has 1 aromatic carbocycles. The number of aryl methyl sites for hydroxylation is 2. The van der Waals surface area contributed by atoms with E-state index < -0.39 is 0 Å². The van der Waals surface area contributed by atoms with Crippen molar-refractivity contribution in [3.63, 3.8) is 0 Å². The van der Waals surface area contributed by atoms with Crippen molar-refractivity contribution in [3.05, 3.63) is 34.9 Å². The lowest BCUT2D eigenvalue weighted by Crippen LogP contribution is -1.98. The van der Waals surface area contributed by atoms with E-state index in [0.29, 0.717) is 6.42 Å². The van der Waals surface area contributed by atoms with E-state index in [9.17, 15) is 4.79 Å². The van der Waals surface area contributed by atoms with Crippen LogP contribution in [0.3, 0.4) is 0 Å². The van der Waals surface area contributed by atoms with Crippen molar-refractivity contribution in [2.45, 2.75) is 27.2 Å². The van der Waals surface area contributed by atoms with Crippen LogP contribution in [0.1, 0.15) is 34.8 Å². The van der Waals surface area contributed by atoms with Crippen LogP contribution in [0.5, 0.6) is 0 Å². The summed E-state index contributed by atoms with van der Waals surface area (Å²) in [6, 6.07) is 5.88. The van der Waals surface area contributed by atoms with Crippen molar-refractivity contribution in [1.82, 2.24) is 0 Å². The zero-order valence-corrected chi connectivity index (χ0v) is 8.85. The first-order valence-electron chi connectivity index (χ1n) is 4.64. The molecule has 1 heteroatoms. The van der Waals surface area contributed by atoms with Gasteiger partial charge in [-0.2, -0.15) is 0 Å². The molecule has 0 saturated heterocycles. The van der Waals surface area contributed by atoms with Gasteiger partial charge in [0.05, 0.1) is 6.42 Å². The number of Topliss-reactive ketones (excluding diaryl/α,β-unsaturated/α-hetero) is 1. The summed E-state index contributed by atoms with van der Waals surface area (Å²) in [5.74, 6) is 5.62. The minimum Gasteiger partial charge on any atom is -0.293 e. The number of hydrogen-bond acceptors (Lipinski definition) is 1. The minimum atomic E-state index is 0.103. The van der Waals surface area contributed by atoms with Gasteiger partial charge in [-0.1, -0.05) is 23.1 Å². The maximum Gasteiger partial charge on any atom is 0.174 e. The molecule has 0 spiro atoms. The van der Waals surface area contributed by atoms with E-state index in [1.54, 1.807) is 6.92 Å². The molecule has 0 aromatic heterocycles. The van der Waals surface area contributed by atoms with Crippen molar-refractivity contribution in [1.29, 1.82) is 0 Å². The molecule has 1 aromatic rings. The Labute approximate surface area is 85.1 Å². The number of rotatable bonds is 2. The van der Waals surface area contributed by atoms with Gasteiger partial charge in [-0.05, 0) is 32.9 Å². The van der Waals surface area contributed by atoms with E-state index >= 15 is 0 Å². The Morgan fingerprint density at radius 3 is 2.29 bits per heavy atom. The van der Waals surface area contributed by atoms with E-state index in [-0.39, 0.29) is 5.78 Å². The summed E-state index contributed by atoms with van der Waals surface area (Å²) in [6.45, 7) is 5.74. The Bertz CT molecular complexity index is 385. The molecule has 0 heterocycles. The molecule has 0 bridgehead atoms. The first-order valence-corrected chi connectivity index (χ1v) is 4.64. The number of carbonyl (C=O) groups excluding carboxylic acids is 1. The molecule has 0 atom stereocenters. The number of ketones is 1. The van der Waals surface area contributed by atoms with Crippen LogP contribution in [0, 0.1) is 25.7 Å². The van der Waals surface area contributed by atoms with Crippen LogP contribution in [0.25, 0.3) is 0 Å². The number of hydrogen-bond donors (Lipinski definition) is 0. The van der Waals surface area contributed by atoms with Crippen molar-refractivity contribution >= 4 is 5.78 Å². The SMILES string of the molecule is CC#CCC(=O)c1cc(C)cc(C)c1. The molecule has 1 nitrogen and oxygen atoms in total. The predicted octanol–water partition coefficient (Wildman–Crippen LogP) is 2.90. The molecule has 0 saturated carbocycles. The van der Waals surface area contributed by atoms with Gasteiger partial charge in [0.2, 0.25) is 0 Å². The van der Waals surface area contributed by atoms with Crippen molar-refractivity contribution in [2.75, 3.05) is 0 Å². The first-order chi connectivity index (χ1) is 6.63. The third-order valence-electron chi connectivity index (χ3n) is 1.97. The van der Waals surface area contributed by atoms with Gasteiger partial charge in [-0.15, -0.1) is 5.92 Å². The molecule has 0 unspecified atom stereocenters. The van der Waals surface area contributed by atoms with Crippen molar-refractivity contribution in [3.8, 4) is 11.8 Å². The van der Waals surface area contributed by atoms with Gasteiger partial charge in [0, 0.05) is 5.56 Å². The zero-order chi connectivity index (χ0) is 10.6. The third kappa shape index (κ3) is 2.74. The van der Waals surface area contributed by atoms with Gasteiger partial charge in [0.25, 0.3) is 0 Å². The predicted molar refractivity (Wildman–Crippen MR) is 58.3 cm³/mol. The van der Waals surface area contributed by atoms with Gasteiger partial charge in [-0.25, -0.2) is 0 Å². The van der Waals surface area contributed by atoms with Crippen molar-refractivity contribution < 1.29 is 4.79 Å². The molecule has 14 heavy (non-hydrogen) atoms. The van der Waals surface area contributed by atoms with Gasteiger partial charge in [0.1, 0.15) is 0 Å². The minimum absolute atomic E-state index is 0.103. The van der Waals surface area contributed by atoms with E-state index in [1.165, 1.54) is 0 Å². The molecule has 0 amide bonds. The molecule has 0 N–H and O–H groups in total. The van der Waals surface area contributed by atoms with Gasteiger partial charge >= 0.3 is 0 Å². The highest BCUT2D eigenvalue weighted by molar-refractivity contribution is 5.97. The van der Waals surface area contributed by atoms with Crippen LogP contribution in [-0.4, -0.2) is 5.78 Å². The highest BCUT2D eigenvalue weighted by atomic mass is 16.1. The van der Waals surface area contributed by atoms with Gasteiger partial charge in [0.15, 0.2) is 5.78 Å². The van der Waals surface area contributed by atoms with Crippen LogP contribution in [0.4, 0.5) is 0 Å². The largest absolute Gasteiger partial charge is 0.293 e. The summed E-state index contributed by atoms with van der Waals surface area (Å²) in [7, 11) is 0. The molecule has 1 rings (SSSR count). The molecule has 72 valence electrons. The summed E-state index contributed by atoms with van der Waals surface area (Å²) in [5.41, 5.74) is 3.01. The molecule has 0 aliphatic rings. The maximum atomic E-state index is 11.6. The van der Waals surface area contributed by atoms with Gasteiger partial charge in [-0.3, -0.25) is 4.79 Å². The number of benzene rings is 1. The molecule has 0 radical (unpaired) electrons. The van der Waals surface area contributed by atoms with Crippen LogP contribution >= 0.6 is 0 Å². The quantitative estimate of drug-likeness (QED) is 0.512. The van der Waals surface area contributed by atoms with Crippen LogP contribution in [-0.2, 0) is 0 Å². The second kappa shape index (κ2) is 4.62. The van der Waals surface area contributed by atoms with E-state index in [4.69, 9.17) is 0 Å². The Balaban J connectivity index is 2.93. The lowest BCUT2D eigenvalue weighted by molar-refractivity contribution is 0.0998. The highest BCUT2D eigenvalue weighted by Crippen LogP contribution is 2.10. The normalized spacial score (nSPS) is 9.07. The average Bonchev–Trinajstić information content (AvgIpc) is 2.12. The second-order valence-corrected chi connectivity index (χ2v) is 3.40. The monoisotopic (exact) mass is 186 g/mol. The summed E-state index contributed by atoms with van der Waals surface area (Å²) < 4.78 is 0.